The molecule has 196 valence electrons. The average molecular weight is 521 g/mol. The van der Waals surface area contributed by atoms with Crippen molar-refractivity contribution in [2.24, 2.45) is 28.6 Å². The Kier molecular flexibility index (Phi) is 5.95. The Morgan fingerprint density at radius 2 is 1.86 bits per heavy atom. The lowest BCUT2D eigenvalue weighted by Crippen LogP contribution is -2.69. The fraction of sp³-hybridized carbons (Fsp3) is 0.704. The number of methoxy groups -OCH3 is 1. The van der Waals surface area contributed by atoms with Crippen molar-refractivity contribution in [3.63, 3.8) is 0 Å². The van der Waals surface area contributed by atoms with Gasteiger partial charge in [-0.15, -0.1) is 11.6 Å². The van der Waals surface area contributed by atoms with Gasteiger partial charge in [0.2, 0.25) is 5.78 Å². The number of carbonyl (C=O) groups is 4. The number of ether oxygens (including phenoxy) is 3. The lowest BCUT2D eigenvalue weighted by molar-refractivity contribution is -0.181. The molecule has 0 saturated heterocycles. The summed E-state index contributed by atoms with van der Waals surface area (Å²) in [4.78, 5) is 49.3. The lowest BCUT2D eigenvalue weighted by atomic mass is 9.45. The van der Waals surface area contributed by atoms with Crippen molar-refractivity contribution in [1.82, 2.24) is 0 Å². The van der Waals surface area contributed by atoms with E-state index < -0.39 is 51.9 Å². The number of rotatable bonds is 5. The van der Waals surface area contributed by atoms with Gasteiger partial charge < -0.3 is 19.3 Å². The van der Waals surface area contributed by atoms with E-state index in [1.165, 1.54) is 13.2 Å². The van der Waals surface area contributed by atoms with Crippen LogP contribution in [-0.4, -0.2) is 59.1 Å². The van der Waals surface area contributed by atoms with Crippen LogP contribution >= 0.6 is 11.6 Å². The van der Waals surface area contributed by atoms with E-state index in [2.05, 4.69) is 0 Å². The van der Waals surface area contributed by atoms with Crippen molar-refractivity contribution in [1.29, 1.82) is 0 Å². The molecule has 0 bridgehead atoms. The van der Waals surface area contributed by atoms with Gasteiger partial charge in [0.05, 0.1) is 24.0 Å². The average Bonchev–Trinajstić information content (AvgIpc) is 3.64. The smallest absolute Gasteiger partial charge is 0.457 e. The Hall–Kier alpha value is -2.19. The molecular weight excluding hydrogens is 488 g/mol. The van der Waals surface area contributed by atoms with Gasteiger partial charge in [-0.1, -0.05) is 25.5 Å². The van der Waals surface area contributed by atoms with Crippen LogP contribution in [0.15, 0.2) is 23.8 Å². The molecule has 36 heavy (non-hydrogen) atoms. The topological polar surface area (TPSA) is 116 Å². The van der Waals surface area contributed by atoms with Crippen LogP contribution in [0.5, 0.6) is 0 Å². The van der Waals surface area contributed by atoms with Crippen LogP contribution in [0, 0.1) is 28.6 Å². The third-order valence-electron chi connectivity index (χ3n) is 9.89. The summed E-state index contributed by atoms with van der Waals surface area (Å²) >= 11 is 7.43. The number of aliphatic hydroxyl groups excluding tert-OH is 1. The molecule has 1 N–H and O–H groups in total. The predicted octanol–water partition coefficient (Wildman–Crippen LogP) is 3.67. The van der Waals surface area contributed by atoms with Gasteiger partial charge in [0.15, 0.2) is 18.0 Å². The largest absolute Gasteiger partial charge is 0.509 e. The first kappa shape index (κ1) is 25.5. The summed E-state index contributed by atoms with van der Waals surface area (Å²) in [5, 5.41) is 11.7. The van der Waals surface area contributed by atoms with E-state index in [0.717, 1.165) is 18.4 Å². The van der Waals surface area contributed by atoms with Crippen LogP contribution in [0.3, 0.4) is 0 Å². The number of fused-ring (bicyclic) bond motifs is 5. The minimum Gasteiger partial charge on any atom is -0.457 e. The van der Waals surface area contributed by atoms with E-state index in [4.69, 9.17) is 25.8 Å². The highest BCUT2D eigenvalue weighted by atomic mass is 35.5. The molecule has 5 rings (SSSR count). The number of esters is 1. The number of ketones is 2. The van der Waals surface area contributed by atoms with Gasteiger partial charge in [-0.2, -0.15) is 0 Å². The molecule has 1 unspecified atom stereocenters. The fourth-order valence-electron chi connectivity index (χ4n) is 7.76. The van der Waals surface area contributed by atoms with Crippen LogP contribution in [0.4, 0.5) is 4.79 Å². The van der Waals surface area contributed by atoms with Gasteiger partial charge in [-0.3, -0.25) is 14.4 Å². The van der Waals surface area contributed by atoms with Crippen LogP contribution < -0.4 is 0 Å². The van der Waals surface area contributed by atoms with E-state index in [9.17, 15) is 24.3 Å². The zero-order chi connectivity index (χ0) is 26.1. The van der Waals surface area contributed by atoms with E-state index in [1.807, 2.05) is 19.9 Å². The molecule has 0 spiro atoms. The Morgan fingerprint density at radius 3 is 2.53 bits per heavy atom. The van der Waals surface area contributed by atoms with E-state index in [0.29, 0.717) is 19.3 Å². The molecule has 5 aliphatic carbocycles. The number of allylic oxidation sites excluding steroid dienone is 4. The Bertz CT molecular complexity index is 1080. The minimum atomic E-state index is -1.62. The molecule has 0 aliphatic heterocycles. The van der Waals surface area contributed by atoms with Crippen molar-refractivity contribution in [2.45, 2.75) is 75.4 Å². The number of alkyl halides is 1. The molecule has 4 fully saturated rings. The SMILES string of the molecule is COC(=O)O[C@]1(C(=O)COC(=O)C2CC2)CC[C@H]2[C@@H]3CCC4=CC(=O)C=C[C@]4(C)[C@@]3(Cl)C(O)C[C@@]21C. The first-order chi connectivity index (χ1) is 16.9. The zero-order valence-electron chi connectivity index (χ0n) is 20.9. The van der Waals surface area contributed by atoms with Crippen molar-refractivity contribution >= 4 is 35.3 Å². The summed E-state index contributed by atoms with van der Waals surface area (Å²) < 4.78 is 15.8. The fourth-order valence-corrected chi connectivity index (χ4v) is 8.28. The van der Waals surface area contributed by atoms with E-state index >= 15 is 0 Å². The Balaban J connectivity index is 1.51. The quantitative estimate of drug-likeness (QED) is 0.431. The standard InChI is InChI=1S/C27H33ClO8/c1-24-10-8-17(29)12-16(24)6-7-19-18-9-11-26(36-23(33)34-3,21(31)14-35-22(32)15-4-5-15)25(18,2)13-20(30)27(19,24)28/h8,10,12,15,18-20,30H,4-7,9,11,13-14H2,1-3H3/t18-,19-,20?,24-,25-,26-,27-/m0/s1. The molecule has 4 saturated carbocycles. The maximum absolute atomic E-state index is 13.7. The molecule has 0 aromatic rings. The van der Waals surface area contributed by atoms with Crippen molar-refractivity contribution in [3.05, 3.63) is 23.8 Å². The molecule has 0 radical (unpaired) electrons. The summed E-state index contributed by atoms with van der Waals surface area (Å²) in [7, 11) is 1.18. The van der Waals surface area contributed by atoms with E-state index in [1.54, 1.807) is 6.08 Å². The summed E-state index contributed by atoms with van der Waals surface area (Å²) in [6.07, 6.45) is 6.51. The number of aliphatic hydroxyl groups is 1. The lowest BCUT2D eigenvalue weighted by Gasteiger charge is -2.63. The summed E-state index contributed by atoms with van der Waals surface area (Å²) in [5.74, 6) is -1.55. The van der Waals surface area contributed by atoms with E-state index in [-0.39, 0.29) is 36.4 Å². The van der Waals surface area contributed by atoms with Crippen LogP contribution in [0.25, 0.3) is 0 Å². The molecule has 9 heteroatoms. The Labute approximate surface area is 215 Å². The maximum Gasteiger partial charge on any atom is 0.509 e. The second kappa shape index (κ2) is 8.42. The molecular formula is C27H33ClO8. The van der Waals surface area contributed by atoms with Crippen LogP contribution in [0.1, 0.15) is 58.8 Å². The number of hydrogen-bond donors (Lipinski definition) is 1. The summed E-state index contributed by atoms with van der Waals surface area (Å²) in [6, 6.07) is 0. The third kappa shape index (κ3) is 3.36. The number of Topliss-reactive ketones (excluding diaryl/α,β-unsaturated/α-hetero) is 1. The van der Waals surface area contributed by atoms with Crippen LogP contribution in [0.2, 0.25) is 0 Å². The summed E-state index contributed by atoms with van der Waals surface area (Å²) in [5.41, 5.74) is -2.41. The third-order valence-corrected chi connectivity index (χ3v) is 10.8. The molecule has 0 heterocycles. The minimum absolute atomic E-state index is 0.0889. The van der Waals surface area contributed by atoms with Gasteiger partial charge in [-0.25, -0.2) is 4.79 Å². The molecule has 0 aromatic heterocycles. The van der Waals surface area contributed by atoms with Gasteiger partial charge >= 0.3 is 12.1 Å². The van der Waals surface area contributed by atoms with Crippen LogP contribution in [-0.2, 0) is 28.6 Å². The second-order valence-corrected chi connectivity index (χ2v) is 12.1. The van der Waals surface area contributed by atoms with Gasteiger partial charge in [0.25, 0.3) is 0 Å². The maximum atomic E-state index is 13.7. The highest BCUT2D eigenvalue weighted by Crippen LogP contribution is 2.71. The molecule has 0 amide bonds. The van der Waals surface area contributed by atoms with Crippen molar-refractivity contribution < 1.29 is 38.5 Å². The molecule has 0 aromatic carbocycles. The van der Waals surface area contributed by atoms with Crippen molar-refractivity contribution in [3.8, 4) is 0 Å². The molecule has 5 aliphatic rings. The monoisotopic (exact) mass is 520 g/mol. The molecule has 8 nitrogen and oxygen atoms in total. The number of halogens is 1. The summed E-state index contributed by atoms with van der Waals surface area (Å²) in [6.45, 7) is 3.32. The predicted molar refractivity (Wildman–Crippen MR) is 128 cm³/mol. The highest BCUT2D eigenvalue weighted by molar-refractivity contribution is 6.26. The first-order valence-corrected chi connectivity index (χ1v) is 13.1. The highest BCUT2D eigenvalue weighted by Gasteiger charge is 2.74. The number of hydrogen-bond acceptors (Lipinski definition) is 8. The first-order valence-electron chi connectivity index (χ1n) is 12.7. The number of carbonyl (C=O) groups excluding carboxylic acids is 4. The molecule has 7 atom stereocenters. The van der Waals surface area contributed by atoms with Gasteiger partial charge in [-0.05, 0) is 68.9 Å². The normalized spacial score (nSPS) is 43.0. The second-order valence-electron chi connectivity index (χ2n) is 11.5. The van der Waals surface area contributed by atoms with Crippen molar-refractivity contribution in [2.75, 3.05) is 13.7 Å². The van der Waals surface area contributed by atoms with Gasteiger partial charge in [0, 0.05) is 10.8 Å². The Morgan fingerprint density at radius 1 is 1.14 bits per heavy atom. The zero-order valence-corrected chi connectivity index (χ0v) is 21.6. The van der Waals surface area contributed by atoms with Gasteiger partial charge in [0.1, 0.15) is 0 Å².